The zero-order chi connectivity index (χ0) is 58.5. The largest absolute Gasteiger partial charge is 0.462 e. The van der Waals surface area contributed by atoms with Crippen molar-refractivity contribution in [3.8, 4) is 0 Å². The number of unbranched alkanes of at least 4 members (excludes halogenated alkanes) is 24. The van der Waals surface area contributed by atoms with Crippen molar-refractivity contribution in [1.29, 1.82) is 0 Å². The summed E-state index contributed by atoms with van der Waals surface area (Å²) in [6.45, 7) is 6.41. The van der Waals surface area contributed by atoms with E-state index in [2.05, 4.69) is 167 Å². The number of rotatable bonds is 59. The van der Waals surface area contributed by atoms with Crippen LogP contribution in [0.25, 0.3) is 0 Å². The number of carbonyl (C=O) groups is 3. The lowest BCUT2D eigenvalue weighted by atomic mass is 10.1. The number of hydrogen-bond donors (Lipinski definition) is 0. The van der Waals surface area contributed by atoms with Crippen LogP contribution in [-0.2, 0) is 28.6 Å². The first-order chi connectivity index (χ1) is 40.0. The quantitative estimate of drug-likeness (QED) is 0.0261. The fraction of sp³-hybridized carbons (Fsp3) is 0.640. The Kier molecular flexibility index (Phi) is 63.9. The predicted octanol–water partition coefficient (Wildman–Crippen LogP) is 23.1. The summed E-state index contributed by atoms with van der Waals surface area (Å²) in [6.07, 6.45) is 97.1. The minimum absolute atomic E-state index is 0.0954. The average molecular weight is 1120 g/mol. The van der Waals surface area contributed by atoms with Crippen LogP contribution in [0, 0.1) is 0 Å². The second kappa shape index (κ2) is 67.8. The van der Waals surface area contributed by atoms with Crippen LogP contribution in [0.15, 0.2) is 146 Å². The molecule has 1 atom stereocenters. The lowest BCUT2D eigenvalue weighted by molar-refractivity contribution is -0.167. The van der Waals surface area contributed by atoms with Crippen LogP contribution >= 0.6 is 0 Å². The summed E-state index contributed by atoms with van der Waals surface area (Å²) < 4.78 is 16.9. The first kappa shape index (κ1) is 76.3. The van der Waals surface area contributed by atoms with E-state index in [-0.39, 0.29) is 31.1 Å². The molecular weight excluding hydrogens is 997 g/mol. The Hall–Kier alpha value is -4.71. The highest BCUT2D eigenvalue weighted by Crippen LogP contribution is 2.15. The number of hydrogen-bond acceptors (Lipinski definition) is 6. The maximum Gasteiger partial charge on any atom is 0.306 e. The molecule has 0 amide bonds. The zero-order valence-electron chi connectivity index (χ0n) is 52.5. The number of allylic oxidation sites excluding steroid dienone is 24. The molecule has 6 heteroatoms. The van der Waals surface area contributed by atoms with E-state index in [9.17, 15) is 14.4 Å². The van der Waals surface area contributed by atoms with Crippen LogP contribution in [0.1, 0.15) is 290 Å². The summed E-state index contributed by atoms with van der Waals surface area (Å²) in [4.78, 5) is 38.3. The molecule has 0 aromatic rings. The van der Waals surface area contributed by atoms with E-state index in [4.69, 9.17) is 14.2 Å². The molecule has 0 heterocycles. The molecule has 0 bridgehead atoms. The molecule has 458 valence electrons. The standard InChI is InChI=1S/C75H122O6/c1-4-7-10-13-16-19-22-25-27-29-31-32-33-34-35-36-37-38-39-40-41-42-44-45-47-50-53-56-59-62-65-68-74(77)80-71-72(70-79-73(76)67-64-61-58-55-52-49-24-21-18-15-12-9-6-3)81-75(78)69-66-63-60-57-54-51-48-46-43-30-28-26-23-20-17-14-11-8-5-2/h7,10,12,15-17,19-21,24-28,31-32,34-35,37-38,40-41,43,46,72H,4-6,8-9,11,13-14,18,22-23,29-30,33,36,39,42,44-45,47-71H2,1-3H3/b10-7-,15-12-,19-16-,20-17-,24-21-,27-25-,28-26-,32-31-,35-34-,38-37-,41-40-,46-43-. The van der Waals surface area contributed by atoms with E-state index in [1.807, 2.05) is 0 Å². The van der Waals surface area contributed by atoms with Crippen LogP contribution in [0.2, 0.25) is 0 Å². The maximum absolute atomic E-state index is 12.9. The molecule has 0 N–H and O–H groups in total. The van der Waals surface area contributed by atoms with Gasteiger partial charge >= 0.3 is 17.9 Å². The summed E-state index contributed by atoms with van der Waals surface area (Å²) >= 11 is 0. The lowest BCUT2D eigenvalue weighted by Crippen LogP contribution is -2.30. The topological polar surface area (TPSA) is 78.9 Å². The second-order valence-corrected chi connectivity index (χ2v) is 21.6. The fourth-order valence-electron chi connectivity index (χ4n) is 8.82. The van der Waals surface area contributed by atoms with Crippen molar-refractivity contribution in [1.82, 2.24) is 0 Å². The molecule has 0 aliphatic rings. The molecule has 0 spiro atoms. The van der Waals surface area contributed by atoms with Gasteiger partial charge in [0.05, 0.1) is 0 Å². The summed E-state index contributed by atoms with van der Waals surface area (Å²) in [5.41, 5.74) is 0. The minimum Gasteiger partial charge on any atom is -0.462 e. The van der Waals surface area contributed by atoms with Gasteiger partial charge in [-0.15, -0.1) is 0 Å². The number of carbonyl (C=O) groups excluding carboxylic acids is 3. The Balaban J connectivity index is 4.34. The van der Waals surface area contributed by atoms with Gasteiger partial charge in [-0.1, -0.05) is 276 Å². The van der Waals surface area contributed by atoms with Gasteiger partial charge in [-0.05, 0) is 141 Å². The Labute approximate surface area is 499 Å². The van der Waals surface area contributed by atoms with Gasteiger partial charge in [0.2, 0.25) is 0 Å². The van der Waals surface area contributed by atoms with Crippen molar-refractivity contribution < 1.29 is 28.6 Å². The first-order valence-electron chi connectivity index (χ1n) is 33.3. The third-order valence-electron chi connectivity index (χ3n) is 13.8. The molecule has 0 aliphatic carbocycles. The van der Waals surface area contributed by atoms with E-state index in [1.54, 1.807) is 0 Å². The lowest BCUT2D eigenvalue weighted by Gasteiger charge is -2.18. The summed E-state index contributed by atoms with van der Waals surface area (Å²) in [6, 6.07) is 0. The van der Waals surface area contributed by atoms with Crippen molar-refractivity contribution in [2.24, 2.45) is 0 Å². The van der Waals surface area contributed by atoms with Crippen molar-refractivity contribution in [3.63, 3.8) is 0 Å². The van der Waals surface area contributed by atoms with Gasteiger partial charge in [-0.3, -0.25) is 14.4 Å². The van der Waals surface area contributed by atoms with E-state index >= 15 is 0 Å². The monoisotopic (exact) mass is 1120 g/mol. The second-order valence-electron chi connectivity index (χ2n) is 21.6. The van der Waals surface area contributed by atoms with Gasteiger partial charge in [-0.25, -0.2) is 0 Å². The van der Waals surface area contributed by atoms with Crippen LogP contribution in [0.5, 0.6) is 0 Å². The Morgan fingerprint density at radius 3 is 0.802 bits per heavy atom. The third kappa shape index (κ3) is 66.0. The van der Waals surface area contributed by atoms with Gasteiger partial charge in [0.15, 0.2) is 6.10 Å². The van der Waals surface area contributed by atoms with E-state index in [0.29, 0.717) is 19.3 Å². The molecule has 0 rings (SSSR count). The molecule has 0 saturated carbocycles. The van der Waals surface area contributed by atoms with Gasteiger partial charge in [0, 0.05) is 19.3 Å². The zero-order valence-corrected chi connectivity index (χ0v) is 52.5. The molecule has 0 fully saturated rings. The summed E-state index contributed by atoms with van der Waals surface area (Å²) in [7, 11) is 0. The molecule has 0 saturated heterocycles. The third-order valence-corrected chi connectivity index (χ3v) is 13.8. The van der Waals surface area contributed by atoms with Crippen LogP contribution in [0.3, 0.4) is 0 Å². The minimum atomic E-state index is -0.800. The van der Waals surface area contributed by atoms with Gasteiger partial charge in [-0.2, -0.15) is 0 Å². The highest BCUT2D eigenvalue weighted by atomic mass is 16.6. The fourth-order valence-corrected chi connectivity index (χ4v) is 8.82. The normalized spacial score (nSPS) is 13.1. The maximum atomic E-state index is 12.9. The molecule has 6 nitrogen and oxygen atoms in total. The van der Waals surface area contributed by atoms with Crippen LogP contribution in [0.4, 0.5) is 0 Å². The number of ether oxygens (including phenoxy) is 3. The van der Waals surface area contributed by atoms with Crippen LogP contribution < -0.4 is 0 Å². The van der Waals surface area contributed by atoms with Crippen molar-refractivity contribution in [2.45, 2.75) is 297 Å². The average Bonchev–Trinajstić information content (AvgIpc) is 3.46. The molecule has 81 heavy (non-hydrogen) atoms. The van der Waals surface area contributed by atoms with E-state index in [0.717, 1.165) is 167 Å². The number of esters is 3. The predicted molar refractivity (Wildman–Crippen MR) is 352 cm³/mol. The first-order valence-corrected chi connectivity index (χ1v) is 33.3. The molecule has 0 radical (unpaired) electrons. The van der Waals surface area contributed by atoms with Gasteiger partial charge in [0.25, 0.3) is 0 Å². The summed E-state index contributed by atoms with van der Waals surface area (Å²) in [5.74, 6) is -0.927. The van der Waals surface area contributed by atoms with Crippen molar-refractivity contribution in [2.75, 3.05) is 13.2 Å². The Bertz CT molecular complexity index is 1760. The highest BCUT2D eigenvalue weighted by molar-refractivity contribution is 5.71. The summed E-state index contributed by atoms with van der Waals surface area (Å²) in [5, 5.41) is 0. The molecule has 1 unspecified atom stereocenters. The van der Waals surface area contributed by atoms with Crippen molar-refractivity contribution >= 4 is 17.9 Å². The molecule has 0 aliphatic heterocycles. The Morgan fingerprint density at radius 2 is 0.506 bits per heavy atom. The van der Waals surface area contributed by atoms with Gasteiger partial charge in [0.1, 0.15) is 13.2 Å². The Morgan fingerprint density at radius 1 is 0.259 bits per heavy atom. The highest BCUT2D eigenvalue weighted by Gasteiger charge is 2.19. The van der Waals surface area contributed by atoms with Gasteiger partial charge < -0.3 is 14.2 Å². The van der Waals surface area contributed by atoms with E-state index < -0.39 is 6.10 Å². The van der Waals surface area contributed by atoms with Crippen LogP contribution in [-0.4, -0.2) is 37.2 Å². The van der Waals surface area contributed by atoms with E-state index in [1.165, 1.54) is 83.5 Å². The smallest absolute Gasteiger partial charge is 0.306 e. The SMILES string of the molecule is CC/C=C\C/C=C\C/C=C\C/C=C\C/C=C\C/C=C\C/C=C\CCCCCCCCCCCC(=O)OCC(COC(=O)CCCCCCC/C=C\C/C=C\CCC)OC(=O)CCCCCCCC/C=C\C/C=C\C/C=C\CCCCC. The van der Waals surface area contributed by atoms with Crippen molar-refractivity contribution in [3.05, 3.63) is 146 Å². The molecule has 0 aromatic carbocycles. The molecule has 0 aromatic heterocycles. The molecular formula is C75H122O6.